The Morgan fingerprint density at radius 3 is 1.79 bits per heavy atom. The summed E-state index contributed by atoms with van der Waals surface area (Å²) in [6.45, 7) is 17.3. The monoisotopic (exact) mass is 390 g/mol. The van der Waals surface area contributed by atoms with Crippen molar-refractivity contribution >= 4 is 0 Å². The Kier molecular flexibility index (Phi) is 17.2. The highest BCUT2D eigenvalue weighted by molar-refractivity contribution is 5.03. The molecule has 0 aliphatic heterocycles. The predicted octanol–water partition coefficient (Wildman–Crippen LogP) is 7.96. The van der Waals surface area contributed by atoms with Crippen LogP contribution in [0.2, 0.25) is 0 Å². The first-order valence-corrected chi connectivity index (χ1v) is 11.1. The maximum Gasteiger partial charge on any atom is 0.0812 e. The van der Waals surface area contributed by atoms with Crippen molar-refractivity contribution < 1.29 is 9.47 Å². The molecule has 1 atom stereocenters. The lowest BCUT2D eigenvalue weighted by molar-refractivity contribution is -0.00363. The van der Waals surface area contributed by atoms with Gasteiger partial charge in [0.1, 0.15) is 0 Å². The van der Waals surface area contributed by atoms with Crippen molar-refractivity contribution in [2.45, 2.75) is 99.5 Å². The molecule has 0 aliphatic carbocycles. The van der Waals surface area contributed by atoms with E-state index in [2.05, 4.69) is 72.8 Å². The number of hydrogen-bond acceptors (Lipinski definition) is 2. The molecule has 0 saturated heterocycles. The van der Waals surface area contributed by atoms with Gasteiger partial charge in [0.25, 0.3) is 0 Å². The quantitative estimate of drug-likeness (QED) is 0.196. The molecular weight excluding hydrogens is 344 g/mol. The molecule has 1 unspecified atom stereocenters. The normalized spacial score (nSPS) is 13.4. The van der Waals surface area contributed by atoms with E-state index >= 15 is 0 Å². The smallest absolute Gasteiger partial charge is 0.0812 e. The minimum absolute atomic E-state index is 0.196. The molecule has 2 nitrogen and oxygen atoms in total. The Labute approximate surface area is 175 Å². The minimum atomic E-state index is 0.196. The predicted molar refractivity (Wildman–Crippen MR) is 125 cm³/mol. The fourth-order valence-electron chi connectivity index (χ4n) is 2.75. The lowest BCUT2D eigenvalue weighted by Crippen LogP contribution is -2.20. The zero-order chi connectivity index (χ0) is 21.2. The highest BCUT2D eigenvalue weighted by atomic mass is 16.5. The number of rotatable bonds is 16. The van der Waals surface area contributed by atoms with Gasteiger partial charge in [-0.2, -0.15) is 0 Å². The lowest BCUT2D eigenvalue weighted by atomic mass is 10.1. The van der Waals surface area contributed by atoms with E-state index in [1.54, 1.807) is 0 Å². The van der Waals surface area contributed by atoms with Crippen LogP contribution in [0.3, 0.4) is 0 Å². The number of unbranched alkanes of at least 4 members (excludes halogenated alkanes) is 1. The maximum atomic E-state index is 6.10. The topological polar surface area (TPSA) is 18.5 Å². The molecule has 0 spiro atoms. The van der Waals surface area contributed by atoms with Crippen LogP contribution in [0.4, 0.5) is 0 Å². The van der Waals surface area contributed by atoms with Gasteiger partial charge in [0.2, 0.25) is 0 Å². The van der Waals surface area contributed by atoms with Crippen molar-refractivity contribution in [1.29, 1.82) is 0 Å². The molecule has 0 fully saturated rings. The Morgan fingerprint density at radius 1 is 0.750 bits per heavy atom. The molecule has 162 valence electrons. The van der Waals surface area contributed by atoms with Gasteiger partial charge in [-0.1, -0.05) is 66.4 Å². The summed E-state index contributed by atoms with van der Waals surface area (Å²) in [6, 6.07) is 0. The van der Waals surface area contributed by atoms with Gasteiger partial charge in [-0.3, -0.25) is 0 Å². The zero-order valence-electron chi connectivity index (χ0n) is 19.8. The summed E-state index contributed by atoms with van der Waals surface area (Å²) < 4.78 is 12.0. The van der Waals surface area contributed by atoms with Gasteiger partial charge in [-0.25, -0.2) is 0 Å². The molecule has 0 amide bonds. The molecule has 0 heterocycles. The zero-order valence-corrected chi connectivity index (χ0v) is 19.8. The summed E-state index contributed by atoms with van der Waals surface area (Å²) in [5.41, 5.74) is 5.59. The Bertz CT molecular complexity index is 501. The van der Waals surface area contributed by atoms with E-state index < -0.39 is 0 Å². The summed E-state index contributed by atoms with van der Waals surface area (Å²) in [5, 5.41) is 0. The minimum Gasteiger partial charge on any atom is -0.375 e. The molecule has 0 rings (SSSR count). The van der Waals surface area contributed by atoms with Crippen molar-refractivity contribution in [3.63, 3.8) is 0 Å². The van der Waals surface area contributed by atoms with E-state index in [4.69, 9.17) is 9.47 Å². The number of hydrogen-bond donors (Lipinski definition) is 0. The first kappa shape index (κ1) is 26.9. The molecule has 28 heavy (non-hydrogen) atoms. The first-order valence-electron chi connectivity index (χ1n) is 11.1. The molecular formula is C26H46O2. The molecule has 0 radical (unpaired) electrons. The van der Waals surface area contributed by atoms with Crippen molar-refractivity contribution in [3.8, 4) is 0 Å². The standard InChI is InChI=1S/C26H46O2/c1-8-9-16-26(28-20-18-25(7)15-11-13-23(4)5)21-27-19-17-24(6)14-10-12-22(2)3/h12-13,17-18,26H,8-11,14-16,19-21H2,1-7H3/b24-17+,25-18+. The van der Waals surface area contributed by atoms with Crippen LogP contribution < -0.4 is 0 Å². The second-order valence-electron chi connectivity index (χ2n) is 8.38. The fourth-order valence-corrected chi connectivity index (χ4v) is 2.75. The highest BCUT2D eigenvalue weighted by Gasteiger charge is 2.08. The van der Waals surface area contributed by atoms with Crippen LogP contribution in [0, 0.1) is 0 Å². The van der Waals surface area contributed by atoms with Crippen LogP contribution in [0.15, 0.2) is 46.6 Å². The molecule has 0 aromatic heterocycles. The highest BCUT2D eigenvalue weighted by Crippen LogP contribution is 2.10. The lowest BCUT2D eigenvalue weighted by Gasteiger charge is -2.17. The van der Waals surface area contributed by atoms with Crippen LogP contribution in [0.1, 0.15) is 93.4 Å². The van der Waals surface area contributed by atoms with Gasteiger partial charge in [0.05, 0.1) is 25.9 Å². The summed E-state index contributed by atoms with van der Waals surface area (Å²) in [4.78, 5) is 0. The van der Waals surface area contributed by atoms with Crippen molar-refractivity contribution in [1.82, 2.24) is 0 Å². The average Bonchev–Trinajstić information content (AvgIpc) is 2.62. The maximum absolute atomic E-state index is 6.10. The molecule has 0 bridgehead atoms. The molecule has 0 aliphatic rings. The third kappa shape index (κ3) is 18.3. The molecule has 0 N–H and O–H groups in total. The SMILES string of the molecule is CCCCC(COC/C=C(\C)CCC=C(C)C)OC/C=C(\C)CCC=C(C)C. The Morgan fingerprint density at radius 2 is 1.29 bits per heavy atom. The van der Waals surface area contributed by atoms with Gasteiger partial charge in [0.15, 0.2) is 0 Å². The van der Waals surface area contributed by atoms with Gasteiger partial charge in [0, 0.05) is 0 Å². The van der Waals surface area contributed by atoms with E-state index in [1.807, 2.05) is 0 Å². The van der Waals surface area contributed by atoms with Gasteiger partial charge < -0.3 is 9.47 Å². The van der Waals surface area contributed by atoms with Crippen LogP contribution in [-0.2, 0) is 9.47 Å². The van der Waals surface area contributed by atoms with Gasteiger partial charge in [-0.15, -0.1) is 0 Å². The van der Waals surface area contributed by atoms with Crippen LogP contribution in [0.25, 0.3) is 0 Å². The largest absolute Gasteiger partial charge is 0.375 e. The molecule has 0 saturated carbocycles. The molecule has 0 aromatic rings. The molecule has 0 aromatic carbocycles. The van der Waals surface area contributed by atoms with E-state index in [0.717, 1.165) is 32.1 Å². The van der Waals surface area contributed by atoms with Crippen molar-refractivity contribution in [2.24, 2.45) is 0 Å². The van der Waals surface area contributed by atoms with E-state index in [9.17, 15) is 0 Å². The number of ether oxygens (including phenoxy) is 2. The second kappa shape index (κ2) is 17.9. The summed E-state index contributed by atoms with van der Waals surface area (Å²) in [5.74, 6) is 0. The first-order chi connectivity index (χ1) is 13.3. The summed E-state index contributed by atoms with van der Waals surface area (Å²) in [7, 11) is 0. The third-order valence-electron chi connectivity index (χ3n) is 4.68. The number of allylic oxidation sites excluding steroid dienone is 6. The summed E-state index contributed by atoms with van der Waals surface area (Å²) >= 11 is 0. The van der Waals surface area contributed by atoms with Crippen molar-refractivity contribution in [2.75, 3.05) is 19.8 Å². The molecule has 2 heteroatoms. The van der Waals surface area contributed by atoms with E-state index in [1.165, 1.54) is 35.1 Å². The Hall–Kier alpha value is -1.12. The average molecular weight is 391 g/mol. The van der Waals surface area contributed by atoms with Crippen LogP contribution >= 0.6 is 0 Å². The van der Waals surface area contributed by atoms with Crippen LogP contribution in [0.5, 0.6) is 0 Å². The Balaban J connectivity index is 4.22. The summed E-state index contributed by atoms with van der Waals surface area (Å²) in [6.07, 6.45) is 17.1. The fraction of sp³-hybridized carbons (Fsp3) is 0.692. The second-order valence-corrected chi connectivity index (χ2v) is 8.38. The van der Waals surface area contributed by atoms with Crippen LogP contribution in [-0.4, -0.2) is 25.9 Å². The van der Waals surface area contributed by atoms with Crippen molar-refractivity contribution in [3.05, 3.63) is 46.6 Å². The van der Waals surface area contributed by atoms with E-state index in [0.29, 0.717) is 19.8 Å². The van der Waals surface area contributed by atoms with E-state index in [-0.39, 0.29) is 6.10 Å². The van der Waals surface area contributed by atoms with Gasteiger partial charge in [-0.05, 0) is 73.6 Å². The third-order valence-corrected chi connectivity index (χ3v) is 4.68. The van der Waals surface area contributed by atoms with Gasteiger partial charge >= 0.3 is 0 Å².